The molecular weight excluding hydrogens is 380 g/mol. The van der Waals surface area contributed by atoms with Gasteiger partial charge in [0.25, 0.3) is 5.91 Å². The number of nitrogens with one attached hydrogen (secondary N) is 1. The average molecular weight is 401 g/mol. The van der Waals surface area contributed by atoms with E-state index >= 15 is 0 Å². The van der Waals surface area contributed by atoms with Crippen LogP contribution in [0.2, 0.25) is 5.02 Å². The van der Waals surface area contributed by atoms with E-state index in [0.717, 1.165) is 16.8 Å². The lowest BCUT2D eigenvalue weighted by atomic mass is 10.1. The number of benzene rings is 2. The lowest BCUT2D eigenvalue weighted by Crippen LogP contribution is -2.28. The second kappa shape index (κ2) is 8.44. The SMILES string of the molecule is Cc1ccc(N2C[C@@H](C(=O)OCC(=O)Nc3ccccc3Cl)CC2=O)c(C)c1. The van der Waals surface area contributed by atoms with Gasteiger partial charge in [-0.2, -0.15) is 0 Å². The topological polar surface area (TPSA) is 75.7 Å². The number of carbonyl (C=O) groups is 3. The van der Waals surface area contributed by atoms with Crippen LogP contribution in [0.25, 0.3) is 0 Å². The standard InChI is InChI=1S/C21H21ClN2O4/c1-13-7-8-18(14(2)9-13)24-11-15(10-20(24)26)21(27)28-12-19(25)23-17-6-4-3-5-16(17)22/h3-9,15H,10-12H2,1-2H3,(H,23,25)/t15-/m0/s1. The number of nitrogens with zero attached hydrogens (tertiary/aromatic N) is 1. The van der Waals surface area contributed by atoms with Gasteiger partial charge in [0.05, 0.1) is 16.6 Å². The molecule has 0 aliphatic carbocycles. The molecule has 2 aromatic carbocycles. The van der Waals surface area contributed by atoms with Crippen LogP contribution in [0.1, 0.15) is 17.5 Å². The van der Waals surface area contributed by atoms with Crippen LogP contribution in [0.5, 0.6) is 0 Å². The first-order valence-electron chi connectivity index (χ1n) is 8.94. The Morgan fingerprint density at radius 2 is 1.96 bits per heavy atom. The van der Waals surface area contributed by atoms with Gasteiger partial charge >= 0.3 is 5.97 Å². The minimum Gasteiger partial charge on any atom is -0.455 e. The number of ether oxygens (including phenoxy) is 1. The maximum absolute atomic E-state index is 12.4. The van der Waals surface area contributed by atoms with Crippen molar-refractivity contribution in [2.75, 3.05) is 23.4 Å². The molecule has 2 aromatic rings. The van der Waals surface area contributed by atoms with Crippen LogP contribution in [0.4, 0.5) is 11.4 Å². The second-order valence-corrected chi connectivity index (χ2v) is 7.24. The first-order chi connectivity index (χ1) is 13.3. The van der Waals surface area contributed by atoms with E-state index in [1.165, 1.54) is 0 Å². The van der Waals surface area contributed by atoms with Crippen molar-refractivity contribution >= 4 is 40.8 Å². The van der Waals surface area contributed by atoms with Crippen molar-refractivity contribution in [1.29, 1.82) is 0 Å². The number of halogens is 1. The number of rotatable bonds is 5. The van der Waals surface area contributed by atoms with Crippen LogP contribution in [-0.4, -0.2) is 30.9 Å². The zero-order valence-electron chi connectivity index (χ0n) is 15.7. The summed E-state index contributed by atoms with van der Waals surface area (Å²) in [5.41, 5.74) is 3.32. The fourth-order valence-electron chi connectivity index (χ4n) is 3.21. The maximum Gasteiger partial charge on any atom is 0.311 e. The van der Waals surface area contributed by atoms with Crippen molar-refractivity contribution in [1.82, 2.24) is 0 Å². The highest BCUT2D eigenvalue weighted by Gasteiger charge is 2.36. The number of hydrogen-bond donors (Lipinski definition) is 1. The summed E-state index contributed by atoms with van der Waals surface area (Å²) in [5.74, 6) is -1.78. The van der Waals surface area contributed by atoms with E-state index < -0.39 is 24.4 Å². The van der Waals surface area contributed by atoms with Crippen molar-refractivity contribution in [3.05, 3.63) is 58.6 Å². The largest absolute Gasteiger partial charge is 0.455 e. The van der Waals surface area contributed by atoms with Gasteiger partial charge < -0.3 is 15.0 Å². The molecule has 0 saturated carbocycles. The maximum atomic E-state index is 12.4. The minimum atomic E-state index is -0.596. The number of anilines is 2. The fourth-order valence-corrected chi connectivity index (χ4v) is 3.39. The van der Waals surface area contributed by atoms with E-state index in [1.807, 2.05) is 32.0 Å². The molecule has 0 aromatic heterocycles. The molecule has 1 aliphatic rings. The van der Waals surface area contributed by atoms with Gasteiger partial charge in [0.2, 0.25) is 5.91 Å². The average Bonchev–Trinajstić information content (AvgIpc) is 3.03. The molecule has 3 rings (SSSR count). The number of esters is 1. The smallest absolute Gasteiger partial charge is 0.311 e. The molecule has 1 N–H and O–H groups in total. The predicted molar refractivity (Wildman–Crippen MR) is 107 cm³/mol. The van der Waals surface area contributed by atoms with Gasteiger partial charge in [-0.25, -0.2) is 0 Å². The predicted octanol–water partition coefficient (Wildman–Crippen LogP) is 3.49. The van der Waals surface area contributed by atoms with Crippen LogP contribution >= 0.6 is 11.6 Å². The van der Waals surface area contributed by atoms with Crippen LogP contribution in [0.3, 0.4) is 0 Å². The number of hydrogen-bond acceptors (Lipinski definition) is 4. The Labute approximate surface area is 168 Å². The zero-order chi connectivity index (χ0) is 20.3. The Morgan fingerprint density at radius 3 is 2.68 bits per heavy atom. The molecule has 2 amide bonds. The van der Waals surface area contributed by atoms with Crippen molar-refractivity contribution < 1.29 is 19.1 Å². The number of para-hydroxylation sites is 1. The van der Waals surface area contributed by atoms with E-state index in [4.69, 9.17) is 16.3 Å². The first kappa shape index (κ1) is 19.9. The molecular formula is C21H21ClN2O4. The Hall–Kier alpha value is -2.86. The molecule has 1 aliphatic heterocycles. The van der Waals surface area contributed by atoms with E-state index in [0.29, 0.717) is 10.7 Å². The molecule has 1 atom stereocenters. The molecule has 0 radical (unpaired) electrons. The van der Waals surface area contributed by atoms with E-state index in [2.05, 4.69) is 5.32 Å². The van der Waals surface area contributed by atoms with Crippen molar-refractivity contribution in [2.45, 2.75) is 20.3 Å². The number of carbonyl (C=O) groups excluding carboxylic acids is 3. The summed E-state index contributed by atoms with van der Waals surface area (Å²) in [6.45, 7) is 3.72. The van der Waals surface area contributed by atoms with Crippen molar-refractivity contribution in [3.63, 3.8) is 0 Å². The molecule has 0 bridgehead atoms. The highest BCUT2D eigenvalue weighted by molar-refractivity contribution is 6.33. The Balaban J connectivity index is 1.56. The van der Waals surface area contributed by atoms with Gasteiger partial charge in [-0.3, -0.25) is 14.4 Å². The van der Waals surface area contributed by atoms with Crippen molar-refractivity contribution in [3.8, 4) is 0 Å². The van der Waals surface area contributed by atoms with E-state index in [9.17, 15) is 14.4 Å². The number of aryl methyl sites for hydroxylation is 2. The fraction of sp³-hybridized carbons (Fsp3) is 0.286. The highest BCUT2D eigenvalue weighted by Crippen LogP contribution is 2.29. The summed E-state index contributed by atoms with van der Waals surface area (Å²) in [4.78, 5) is 38.3. The summed E-state index contributed by atoms with van der Waals surface area (Å²) in [6, 6.07) is 12.6. The third kappa shape index (κ3) is 4.51. The normalized spacial score (nSPS) is 16.2. The van der Waals surface area contributed by atoms with E-state index in [-0.39, 0.29) is 18.9 Å². The van der Waals surface area contributed by atoms with Crippen LogP contribution < -0.4 is 10.2 Å². The van der Waals surface area contributed by atoms with Gasteiger partial charge in [-0.15, -0.1) is 0 Å². The van der Waals surface area contributed by atoms with E-state index in [1.54, 1.807) is 29.2 Å². The number of amides is 2. The van der Waals surface area contributed by atoms with Crippen LogP contribution in [-0.2, 0) is 19.1 Å². The molecule has 0 unspecified atom stereocenters. The summed E-state index contributed by atoms with van der Waals surface area (Å²) >= 11 is 5.98. The summed E-state index contributed by atoms with van der Waals surface area (Å²) in [6.07, 6.45) is 0.0677. The lowest BCUT2D eigenvalue weighted by molar-refractivity contribution is -0.151. The molecule has 0 spiro atoms. The molecule has 1 heterocycles. The molecule has 7 heteroatoms. The van der Waals surface area contributed by atoms with Gasteiger partial charge in [0.1, 0.15) is 0 Å². The summed E-state index contributed by atoms with van der Waals surface area (Å²) < 4.78 is 5.11. The van der Waals surface area contributed by atoms with Crippen LogP contribution in [0, 0.1) is 19.8 Å². The Morgan fingerprint density at radius 1 is 1.21 bits per heavy atom. The quantitative estimate of drug-likeness (QED) is 0.779. The molecule has 1 fully saturated rings. The third-order valence-electron chi connectivity index (χ3n) is 4.59. The lowest BCUT2D eigenvalue weighted by Gasteiger charge is -2.19. The summed E-state index contributed by atoms with van der Waals surface area (Å²) in [5, 5.41) is 2.98. The molecule has 6 nitrogen and oxygen atoms in total. The monoisotopic (exact) mass is 400 g/mol. The Bertz CT molecular complexity index is 928. The van der Waals surface area contributed by atoms with Crippen LogP contribution in [0.15, 0.2) is 42.5 Å². The van der Waals surface area contributed by atoms with Gasteiger partial charge in [-0.05, 0) is 37.6 Å². The molecule has 146 valence electrons. The summed E-state index contributed by atoms with van der Waals surface area (Å²) in [7, 11) is 0. The van der Waals surface area contributed by atoms with Gasteiger partial charge in [0.15, 0.2) is 6.61 Å². The Kier molecular flexibility index (Phi) is 5.99. The van der Waals surface area contributed by atoms with Gasteiger partial charge in [0, 0.05) is 18.7 Å². The third-order valence-corrected chi connectivity index (χ3v) is 4.92. The zero-order valence-corrected chi connectivity index (χ0v) is 16.5. The van der Waals surface area contributed by atoms with Crippen molar-refractivity contribution in [2.24, 2.45) is 5.92 Å². The first-order valence-corrected chi connectivity index (χ1v) is 9.31. The minimum absolute atomic E-state index is 0.0677. The second-order valence-electron chi connectivity index (χ2n) is 6.83. The molecule has 1 saturated heterocycles. The van der Waals surface area contributed by atoms with Gasteiger partial charge in [-0.1, -0.05) is 41.4 Å². The molecule has 28 heavy (non-hydrogen) atoms. The highest BCUT2D eigenvalue weighted by atomic mass is 35.5.